The molecule has 3 atom stereocenters. The molecule has 0 radical (unpaired) electrons. The van der Waals surface area contributed by atoms with Gasteiger partial charge in [-0.25, -0.2) is 0 Å². The van der Waals surface area contributed by atoms with E-state index in [0.717, 1.165) is 31.7 Å². The van der Waals surface area contributed by atoms with Crippen LogP contribution in [-0.2, 0) is 9.53 Å². The first-order chi connectivity index (χ1) is 10.5. The normalized spacial score (nSPS) is 27.8. The van der Waals surface area contributed by atoms with Crippen molar-refractivity contribution in [3.63, 3.8) is 0 Å². The second-order valence-corrected chi connectivity index (χ2v) is 6.79. The van der Waals surface area contributed by atoms with Gasteiger partial charge >= 0.3 is 0 Å². The van der Waals surface area contributed by atoms with Gasteiger partial charge in [-0.1, -0.05) is 0 Å². The van der Waals surface area contributed by atoms with Crippen molar-refractivity contribution in [1.29, 1.82) is 0 Å². The maximum atomic E-state index is 12.6. The number of aromatic nitrogens is 2. The second-order valence-electron chi connectivity index (χ2n) is 6.79. The fraction of sp³-hybridized carbons (Fsp3) is 0.688. The summed E-state index contributed by atoms with van der Waals surface area (Å²) in [6.07, 6.45) is 3.95. The molecule has 2 aliphatic rings. The molecule has 2 fully saturated rings. The van der Waals surface area contributed by atoms with Crippen molar-refractivity contribution in [2.45, 2.75) is 38.3 Å². The fourth-order valence-electron chi connectivity index (χ4n) is 3.65. The van der Waals surface area contributed by atoms with Crippen molar-refractivity contribution in [2.24, 2.45) is 11.8 Å². The summed E-state index contributed by atoms with van der Waals surface area (Å²) < 4.78 is 5.33. The van der Waals surface area contributed by atoms with Gasteiger partial charge in [0.05, 0.1) is 0 Å². The molecule has 0 bridgehead atoms. The smallest absolute Gasteiger partial charge is 0.254 e. The number of fused-ring (bicyclic) bond motifs is 1. The molecular formula is C16H24N4O2. The fourth-order valence-corrected chi connectivity index (χ4v) is 3.65. The number of ether oxygens (including phenoxy) is 1. The second kappa shape index (κ2) is 5.83. The Morgan fingerprint density at radius 1 is 1.41 bits per heavy atom. The molecule has 0 aromatic carbocycles. The lowest BCUT2D eigenvalue weighted by Gasteiger charge is -2.29. The number of amides is 1. The van der Waals surface area contributed by atoms with Crippen LogP contribution in [0.3, 0.4) is 0 Å². The number of hydrogen-bond donors (Lipinski definition) is 1. The standard InChI is InChI=1S/C16H24N4O2/c1-16(2,22-3)15(21)20-9-11-6-7-13(12(11)10-20)18-14-5-4-8-17-19-14/h4-5,8,11-13H,6-7,9-10H2,1-3H3,(H,18,19)/t11-,12+,13-/m1/s1. The summed E-state index contributed by atoms with van der Waals surface area (Å²) >= 11 is 0. The maximum Gasteiger partial charge on any atom is 0.254 e. The average molecular weight is 304 g/mol. The lowest BCUT2D eigenvalue weighted by Crippen LogP contribution is -2.46. The number of carbonyl (C=O) groups is 1. The van der Waals surface area contributed by atoms with Gasteiger partial charge in [0, 0.05) is 38.4 Å². The molecule has 1 saturated heterocycles. The molecule has 1 amide bonds. The zero-order valence-corrected chi connectivity index (χ0v) is 13.5. The number of hydrogen-bond acceptors (Lipinski definition) is 5. The summed E-state index contributed by atoms with van der Waals surface area (Å²) in [6, 6.07) is 4.18. The molecule has 1 aromatic rings. The van der Waals surface area contributed by atoms with E-state index in [1.807, 2.05) is 30.9 Å². The zero-order valence-electron chi connectivity index (χ0n) is 13.5. The van der Waals surface area contributed by atoms with E-state index in [4.69, 9.17) is 4.74 Å². The molecule has 2 heterocycles. The van der Waals surface area contributed by atoms with Crippen LogP contribution in [0, 0.1) is 11.8 Å². The molecule has 22 heavy (non-hydrogen) atoms. The van der Waals surface area contributed by atoms with Gasteiger partial charge < -0.3 is 15.0 Å². The van der Waals surface area contributed by atoms with Crippen LogP contribution in [0.15, 0.2) is 18.3 Å². The molecule has 0 spiro atoms. The molecule has 6 heteroatoms. The van der Waals surface area contributed by atoms with Gasteiger partial charge in [-0.05, 0) is 44.7 Å². The maximum absolute atomic E-state index is 12.6. The lowest BCUT2D eigenvalue weighted by atomic mass is 9.98. The number of methoxy groups -OCH3 is 1. The van der Waals surface area contributed by atoms with Crippen molar-refractivity contribution in [3.8, 4) is 0 Å². The van der Waals surface area contributed by atoms with Gasteiger partial charge in [-0.15, -0.1) is 5.10 Å². The van der Waals surface area contributed by atoms with Crippen molar-refractivity contribution in [3.05, 3.63) is 18.3 Å². The number of carbonyl (C=O) groups excluding carboxylic acids is 1. The predicted octanol–water partition coefficient (Wildman–Crippen LogP) is 1.55. The first-order valence-corrected chi connectivity index (χ1v) is 7.90. The SMILES string of the molecule is COC(C)(C)C(=O)N1C[C@H]2CC[C@@H](Nc3cccnn3)[C@H]2C1. The highest BCUT2D eigenvalue weighted by atomic mass is 16.5. The van der Waals surface area contributed by atoms with Gasteiger partial charge in [0.1, 0.15) is 11.4 Å². The van der Waals surface area contributed by atoms with Crippen LogP contribution in [0.5, 0.6) is 0 Å². The summed E-state index contributed by atoms with van der Waals surface area (Å²) in [5.41, 5.74) is -0.744. The van der Waals surface area contributed by atoms with Crippen molar-refractivity contribution >= 4 is 11.7 Å². The Bertz CT molecular complexity index is 534. The third kappa shape index (κ3) is 2.79. The molecule has 6 nitrogen and oxygen atoms in total. The van der Waals surface area contributed by atoms with E-state index in [2.05, 4.69) is 15.5 Å². The van der Waals surface area contributed by atoms with Crippen molar-refractivity contribution < 1.29 is 9.53 Å². The Balaban J connectivity index is 1.65. The number of rotatable bonds is 4. The Kier molecular flexibility index (Phi) is 4.04. The Hall–Kier alpha value is -1.69. The van der Waals surface area contributed by atoms with Crippen LogP contribution in [-0.4, -0.2) is 52.8 Å². The van der Waals surface area contributed by atoms with E-state index in [1.165, 1.54) is 0 Å². The van der Waals surface area contributed by atoms with E-state index in [-0.39, 0.29) is 5.91 Å². The number of nitrogens with one attached hydrogen (secondary N) is 1. The van der Waals surface area contributed by atoms with Crippen molar-refractivity contribution in [2.75, 3.05) is 25.5 Å². The van der Waals surface area contributed by atoms with Gasteiger partial charge in [-0.2, -0.15) is 5.10 Å². The molecule has 1 aliphatic carbocycles. The molecule has 1 aromatic heterocycles. The van der Waals surface area contributed by atoms with Crippen LogP contribution in [0.25, 0.3) is 0 Å². The van der Waals surface area contributed by atoms with Crippen LogP contribution in [0.2, 0.25) is 0 Å². The summed E-state index contributed by atoms with van der Waals surface area (Å²) in [5.74, 6) is 1.96. The molecular weight excluding hydrogens is 280 g/mol. The van der Waals surface area contributed by atoms with Gasteiger partial charge in [0.25, 0.3) is 5.91 Å². The molecule has 1 N–H and O–H groups in total. The predicted molar refractivity (Wildman–Crippen MR) is 83.3 cm³/mol. The van der Waals surface area contributed by atoms with E-state index in [1.54, 1.807) is 13.3 Å². The number of likely N-dealkylation sites (tertiary alicyclic amines) is 1. The Morgan fingerprint density at radius 3 is 2.91 bits per heavy atom. The highest BCUT2D eigenvalue weighted by Crippen LogP contribution is 2.40. The monoisotopic (exact) mass is 304 g/mol. The quantitative estimate of drug-likeness (QED) is 0.914. The van der Waals surface area contributed by atoms with Gasteiger partial charge in [0.15, 0.2) is 0 Å². The summed E-state index contributed by atoms with van der Waals surface area (Å²) in [4.78, 5) is 14.5. The third-order valence-corrected chi connectivity index (χ3v) is 5.08. The molecule has 120 valence electrons. The Morgan fingerprint density at radius 2 is 2.23 bits per heavy atom. The summed E-state index contributed by atoms with van der Waals surface area (Å²) in [6.45, 7) is 5.31. The molecule has 3 rings (SSSR count). The van der Waals surface area contributed by atoms with E-state index < -0.39 is 5.60 Å². The average Bonchev–Trinajstić information content (AvgIpc) is 3.09. The van der Waals surface area contributed by atoms with Crippen LogP contribution < -0.4 is 5.32 Å². The molecule has 1 saturated carbocycles. The van der Waals surface area contributed by atoms with Crippen LogP contribution >= 0.6 is 0 Å². The Labute approximate surface area is 131 Å². The molecule has 1 aliphatic heterocycles. The van der Waals surface area contributed by atoms with E-state index in [9.17, 15) is 4.79 Å². The minimum absolute atomic E-state index is 0.0858. The summed E-state index contributed by atoms with van der Waals surface area (Å²) in [7, 11) is 1.59. The highest BCUT2D eigenvalue weighted by Gasteiger charge is 2.46. The van der Waals surface area contributed by atoms with Crippen LogP contribution in [0.1, 0.15) is 26.7 Å². The van der Waals surface area contributed by atoms with Gasteiger partial charge in [-0.3, -0.25) is 4.79 Å². The first-order valence-electron chi connectivity index (χ1n) is 7.90. The minimum Gasteiger partial charge on any atom is -0.369 e. The van der Waals surface area contributed by atoms with Crippen LogP contribution in [0.4, 0.5) is 5.82 Å². The molecule has 0 unspecified atom stereocenters. The zero-order chi connectivity index (χ0) is 15.7. The first kappa shape index (κ1) is 15.2. The number of nitrogens with zero attached hydrogens (tertiary/aromatic N) is 3. The topological polar surface area (TPSA) is 67.3 Å². The number of anilines is 1. The lowest BCUT2D eigenvalue weighted by molar-refractivity contribution is -0.150. The third-order valence-electron chi connectivity index (χ3n) is 5.08. The van der Waals surface area contributed by atoms with E-state index >= 15 is 0 Å². The minimum atomic E-state index is -0.744. The highest BCUT2D eigenvalue weighted by molar-refractivity contribution is 5.84. The van der Waals surface area contributed by atoms with E-state index in [0.29, 0.717) is 17.9 Å². The van der Waals surface area contributed by atoms with Gasteiger partial charge in [0.2, 0.25) is 0 Å². The van der Waals surface area contributed by atoms with Crippen molar-refractivity contribution in [1.82, 2.24) is 15.1 Å². The largest absolute Gasteiger partial charge is 0.369 e. The summed E-state index contributed by atoms with van der Waals surface area (Å²) in [5, 5.41) is 11.5.